The molecule has 0 atom stereocenters. The number of hydrogen-bond acceptors (Lipinski definition) is 7. The zero-order valence-corrected chi connectivity index (χ0v) is 19.0. The van der Waals surface area contributed by atoms with Gasteiger partial charge in [0.2, 0.25) is 17.6 Å². The first-order valence-corrected chi connectivity index (χ1v) is 11.8. The average Bonchev–Trinajstić information content (AvgIpc) is 3.43. The fraction of sp³-hybridized carbons (Fsp3) is 0.571. The van der Waals surface area contributed by atoms with Crippen LogP contribution in [0.4, 0.5) is 0 Å². The molecular formula is C21H28N6O4S. The molecule has 1 fully saturated rings. The lowest BCUT2D eigenvalue weighted by Crippen LogP contribution is -2.41. The number of piperidine rings is 1. The third-order valence-electron chi connectivity index (χ3n) is 6.05. The van der Waals surface area contributed by atoms with Crippen molar-refractivity contribution in [2.24, 2.45) is 11.7 Å². The van der Waals surface area contributed by atoms with Crippen LogP contribution in [0.25, 0.3) is 16.0 Å². The second-order valence-electron chi connectivity index (χ2n) is 8.10. The van der Waals surface area contributed by atoms with Crippen molar-refractivity contribution in [1.29, 1.82) is 0 Å². The molecule has 10 nitrogen and oxygen atoms in total. The maximum atomic E-state index is 12.9. The second-order valence-corrected chi connectivity index (χ2v) is 9.02. The van der Waals surface area contributed by atoms with Crippen molar-refractivity contribution in [3.8, 4) is 0 Å². The van der Waals surface area contributed by atoms with Crippen LogP contribution in [0.2, 0.25) is 0 Å². The molecule has 1 aliphatic rings. The standard InChI is InChI=1S/C21H28N6O4S/c1-31-12-3-9-26-20(30)18-15(8-13-32-18)27-16(23-24-21(26)27)4-2-5-17(28)25-10-6-14(7-11-25)19(22)29/h8,13-14H,2-7,9-12H2,1H3,(H2,22,29). The van der Waals surface area contributed by atoms with Crippen LogP contribution < -0.4 is 11.3 Å². The van der Waals surface area contributed by atoms with Crippen LogP contribution in [-0.4, -0.2) is 62.7 Å². The molecular weight excluding hydrogens is 432 g/mol. The van der Waals surface area contributed by atoms with Crippen molar-refractivity contribution in [3.05, 3.63) is 27.6 Å². The maximum Gasteiger partial charge on any atom is 0.272 e. The normalized spacial score (nSPS) is 15.1. The van der Waals surface area contributed by atoms with E-state index in [1.54, 1.807) is 11.7 Å². The lowest BCUT2D eigenvalue weighted by Gasteiger charge is -2.30. The molecule has 1 aliphatic heterocycles. The number of amides is 2. The van der Waals surface area contributed by atoms with E-state index < -0.39 is 0 Å². The van der Waals surface area contributed by atoms with Gasteiger partial charge in [-0.15, -0.1) is 21.5 Å². The Bertz CT molecular complexity index is 1170. The highest BCUT2D eigenvalue weighted by Gasteiger charge is 2.25. The van der Waals surface area contributed by atoms with Crippen LogP contribution in [0, 0.1) is 5.92 Å². The molecule has 2 amide bonds. The summed E-state index contributed by atoms with van der Waals surface area (Å²) in [4.78, 5) is 38.6. The van der Waals surface area contributed by atoms with Crippen molar-refractivity contribution in [2.75, 3.05) is 26.8 Å². The Morgan fingerprint density at radius 3 is 2.75 bits per heavy atom. The third-order valence-corrected chi connectivity index (χ3v) is 6.94. The van der Waals surface area contributed by atoms with Crippen molar-refractivity contribution in [1.82, 2.24) is 24.1 Å². The van der Waals surface area contributed by atoms with Crippen molar-refractivity contribution >= 4 is 39.1 Å². The summed E-state index contributed by atoms with van der Waals surface area (Å²) in [5.41, 5.74) is 6.11. The highest BCUT2D eigenvalue weighted by molar-refractivity contribution is 7.17. The van der Waals surface area contributed by atoms with Crippen LogP contribution in [0.3, 0.4) is 0 Å². The van der Waals surface area contributed by atoms with Crippen LogP contribution in [0.1, 0.15) is 37.9 Å². The molecule has 3 aromatic heterocycles. The lowest BCUT2D eigenvalue weighted by molar-refractivity contribution is -0.134. The van der Waals surface area contributed by atoms with Crippen LogP contribution in [-0.2, 0) is 27.3 Å². The summed E-state index contributed by atoms with van der Waals surface area (Å²) in [5, 5.41) is 10.5. The molecule has 0 saturated carbocycles. The Hall–Kier alpha value is -2.79. The number of carbonyl (C=O) groups is 2. The summed E-state index contributed by atoms with van der Waals surface area (Å²) >= 11 is 1.41. The Morgan fingerprint density at radius 2 is 2.03 bits per heavy atom. The molecule has 0 spiro atoms. The van der Waals surface area contributed by atoms with E-state index in [0.29, 0.717) is 75.2 Å². The van der Waals surface area contributed by atoms with Crippen LogP contribution >= 0.6 is 11.3 Å². The first kappa shape index (κ1) is 22.4. The smallest absolute Gasteiger partial charge is 0.272 e. The Morgan fingerprint density at radius 1 is 1.25 bits per heavy atom. The van der Waals surface area contributed by atoms with Gasteiger partial charge in [-0.05, 0) is 37.1 Å². The van der Waals surface area contributed by atoms with Crippen molar-refractivity contribution < 1.29 is 14.3 Å². The minimum absolute atomic E-state index is 0.0629. The zero-order valence-electron chi connectivity index (χ0n) is 18.2. The van der Waals surface area contributed by atoms with Gasteiger partial charge in [0.15, 0.2) is 0 Å². The lowest BCUT2D eigenvalue weighted by atomic mass is 9.96. The average molecular weight is 461 g/mol. The highest BCUT2D eigenvalue weighted by atomic mass is 32.1. The number of ether oxygens (including phenoxy) is 1. The van der Waals surface area contributed by atoms with Gasteiger partial charge in [0.05, 0.1) is 5.52 Å². The Balaban J connectivity index is 1.46. The monoisotopic (exact) mass is 460 g/mol. The first-order chi connectivity index (χ1) is 15.5. The highest BCUT2D eigenvalue weighted by Crippen LogP contribution is 2.21. The number of methoxy groups -OCH3 is 1. The molecule has 4 heterocycles. The van der Waals surface area contributed by atoms with Gasteiger partial charge in [0.25, 0.3) is 5.56 Å². The van der Waals surface area contributed by atoms with Crippen molar-refractivity contribution in [2.45, 2.75) is 45.1 Å². The van der Waals surface area contributed by atoms with Gasteiger partial charge < -0.3 is 15.4 Å². The van der Waals surface area contributed by atoms with Crippen LogP contribution in [0.5, 0.6) is 0 Å². The predicted octanol–water partition coefficient (Wildman–Crippen LogP) is 1.19. The number of hydrogen-bond donors (Lipinski definition) is 1. The van der Waals surface area contributed by atoms with Crippen molar-refractivity contribution in [3.63, 3.8) is 0 Å². The summed E-state index contributed by atoms with van der Waals surface area (Å²) in [7, 11) is 1.64. The second kappa shape index (κ2) is 9.78. The van der Waals surface area contributed by atoms with E-state index in [-0.39, 0.29) is 23.3 Å². The number of rotatable bonds is 9. The van der Waals surface area contributed by atoms with Gasteiger partial charge in [-0.25, -0.2) is 0 Å². The molecule has 0 radical (unpaired) electrons. The van der Waals surface area contributed by atoms with E-state index >= 15 is 0 Å². The number of nitrogens with zero attached hydrogens (tertiary/aromatic N) is 5. The number of carbonyl (C=O) groups excluding carboxylic acids is 2. The molecule has 0 aromatic carbocycles. The first-order valence-electron chi connectivity index (χ1n) is 10.9. The fourth-order valence-corrected chi connectivity index (χ4v) is 5.10. The third kappa shape index (κ3) is 4.40. The molecule has 3 aromatic rings. The minimum atomic E-state index is -0.281. The van der Waals surface area contributed by atoms with Gasteiger partial charge in [0.1, 0.15) is 10.5 Å². The summed E-state index contributed by atoms with van der Waals surface area (Å²) in [6.07, 6.45) is 3.57. The predicted molar refractivity (Wildman–Crippen MR) is 121 cm³/mol. The van der Waals surface area contributed by atoms with Gasteiger partial charge in [-0.1, -0.05) is 0 Å². The number of thiophene rings is 1. The van der Waals surface area contributed by atoms with E-state index in [1.165, 1.54) is 11.3 Å². The van der Waals surface area contributed by atoms with Crippen LogP contribution in [0.15, 0.2) is 16.2 Å². The number of likely N-dealkylation sites (tertiary alicyclic amines) is 1. The number of primary amides is 1. The van der Waals surface area contributed by atoms with E-state index in [1.807, 2.05) is 20.7 Å². The molecule has 2 N–H and O–H groups in total. The van der Waals surface area contributed by atoms with E-state index in [4.69, 9.17) is 10.5 Å². The molecule has 0 aliphatic carbocycles. The van der Waals surface area contributed by atoms with Gasteiger partial charge in [-0.2, -0.15) is 0 Å². The fourth-order valence-electron chi connectivity index (χ4n) is 4.28. The van der Waals surface area contributed by atoms with E-state index in [0.717, 1.165) is 11.3 Å². The number of aryl methyl sites for hydroxylation is 2. The van der Waals surface area contributed by atoms with Gasteiger partial charge in [-0.3, -0.25) is 23.4 Å². The molecule has 172 valence electrons. The summed E-state index contributed by atoms with van der Waals surface area (Å²) < 4.78 is 9.38. The van der Waals surface area contributed by atoms with E-state index in [9.17, 15) is 14.4 Å². The SMILES string of the molecule is COCCCn1c(=O)c2sccc2n2c(CCCC(=O)N3CCC(C(N)=O)CC3)nnc12. The minimum Gasteiger partial charge on any atom is -0.385 e. The largest absolute Gasteiger partial charge is 0.385 e. The molecule has 0 bridgehead atoms. The van der Waals surface area contributed by atoms with Gasteiger partial charge >= 0.3 is 0 Å². The number of nitrogens with two attached hydrogens (primary N) is 1. The Kier molecular flexibility index (Phi) is 6.85. The number of aromatic nitrogens is 4. The summed E-state index contributed by atoms with van der Waals surface area (Å²) in [6, 6.07) is 1.91. The maximum absolute atomic E-state index is 12.9. The molecule has 4 rings (SSSR count). The van der Waals surface area contributed by atoms with Gasteiger partial charge in [0, 0.05) is 52.1 Å². The Labute approximate surface area is 189 Å². The summed E-state index contributed by atoms with van der Waals surface area (Å²) in [5.74, 6) is 0.932. The summed E-state index contributed by atoms with van der Waals surface area (Å²) in [6.45, 7) is 2.20. The molecule has 1 saturated heterocycles. The topological polar surface area (TPSA) is 125 Å². The zero-order chi connectivity index (χ0) is 22.7. The molecule has 32 heavy (non-hydrogen) atoms. The number of fused-ring (bicyclic) bond motifs is 3. The molecule has 11 heteroatoms. The quantitative estimate of drug-likeness (QED) is 0.478. The molecule has 0 unspecified atom stereocenters. The van der Waals surface area contributed by atoms with E-state index in [2.05, 4.69) is 10.2 Å².